The Morgan fingerprint density at radius 2 is 1.50 bits per heavy atom. The van der Waals surface area contributed by atoms with Gasteiger partial charge in [-0.1, -0.05) is 53.5 Å². The summed E-state index contributed by atoms with van der Waals surface area (Å²) in [7, 11) is 0. The van der Waals surface area contributed by atoms with Gasteiger partial charge in [-0.25, -0.2) is 0 Å². The first-order valence-corrected chi connectivity index (χ1v) is 10.4. The summed E-state index contributed by atoms with van der Waals surface area (Å²) in [5.41, 5.74) is 4.39. The molecule has 0 amide bonds. The van der Waals surface area contributed by atoms with Crippen LogP contribution in [0.4, 0.5) is 5.69 Å². The van der Waals surface area contributed by atoms with Crippen LogP contribution in [0.25, 0.3) is 5.57 Å². The number of allylic oxidation sites excluding steroid dienone is 3. The van der Waals surface area contributed by atoms with Crippen molar-refractivity contribution in [3.05, 3.63) is 75.3 Å². The minimum Gasteiger partial charge on any atom is -0.494 e. The zero-order valence-corrected chi connectivity index (χ0v) is 18.8. The number of fused-ring (bicyclic) bond motifs is 2. The number of ketones is 2. The van der Waals surface area contributed by atoms with Crippen LogP contribution in [0.1, 0.15) is 54.0 Å². The summed E-state index contributed by atoms with van der Waals surface area (Å²) in [6, 6.07) is 12.7. The van der Waals surface area contributed by atoms with Crippen molar-refractivity contribution in [2.75, 3.05) is 11.9 Å². The Morgan fingerprint density at radius 1 is 0.933 bits per heavy atom. The SMILES string of the molecule is CCOc1ccc2c(c1)C(C)=CC(C)(C)N2.O=C1C(Cl)=C(Cl)C(=O)c2ccccc21. The fourth-order valence-electron chi connectivity index (χ4n) is 3.53. The number of halogens is 2. The van der Waals surface area contributed by atoms with Crippen molar-refractivity contribution < 1.29 is 14.3 Å². The highest BCUT2D eigenvalue weighted by Crippen LogP contribution is 2.35. The Balaban J connectivity index is 0.000000172. The van der Waals surface area contributed by atoms with Crippen LogP contribution in [0.5, 0.6) is 5.75 Å². The first-order chi connectivity index (χ1) is 14.1. The molecule has 2 aliphatic rings. The number of anilines is 1. The molecule has 156 valence electrons. The van der Waals surface area contributed by atoms with E-state index in [1.807, 2.05) is 13.0 Å². The molecule has 0 fully saturated rings. The van der Waals surface area contributed by atoms with Gasteiger partial charge in [0.1, 0.15) is 15.8 Å². The summed E-state index contributed by atoms with van der Waals surface area (Å²) >= 11 is 11.2. The molecule has 4 nitrogen and oxygen atoms in total. The fraction of sp³-hybridized carbons (Fsp3) is 0.250. The van der Waals surface area contributed by atoms with Crippen LogP contribution < -0.4 is 10.1 Å². The third-order valence-corrected chi connectivity index (χ3v) is 5.59. The molecule has 0 saturated heterocycles. The maximum atomic E-state index is 11.5. The number of nitrogens with one attached hydrogen (secondary N) is 1. The van der Waals surface area contributed by atoms with E-state index >= 15 is 0 Å². The highest BCUT2D eigenvalue weighted by atomic mass is 35.5. The predicted octanol–water partition coefficient (Wildman–Crippen LogP) is 6.45. The van der Waals surface area contributed by atoms with Crippen LogP contribution in [-0.4, -0.2) is 23.7 Å². The standard InChI is InChI=1S/C14H19NO.C10H4Cl2O2/c1-5-16-11-6-7-13-12(8-11)10(2)9-14(3,4)15-13;11-7-8(12)10(14)6-4-2-1-3-5(6)9(7)13/h6-9,15H,5H2,1-4H3;1-4H. The quantitative estimate of drug-likeness (QED) is 0.579. The van der Waals surface area contributed by atoms with E-state index in [0.717, 1.165) is 5.75 Å². The van der Waals surface area contributed by atoms with Crippen molar-refractivity contribution in [1.82, 2.24) is 0 Å². The number of benzene rings is 2. The first-order valence-electron chi connectivity index (χ1n) is 9.63. The summed E-state index contributed by atoms with van der Waals surface area (Å²) < 4.78 is 5.52. The van der Waals surface area contributed by atoms with E-state index in [4.69, 9.17) is 27.9 Å². The van der Waals surface area contributed by atoms with Gasteiger partial charge >= 0.3 is 0 Å². The van der Waals surface area contributed by atoms with Gasteiger partial charge < -0.3 is 10.1 Å². The Morgan fingerprint density at radius 3 is 2.03 bits per heavy atom. The zero-order valence-electron chi connectivity index (χ0n) is 17.3. The molecule has 1 aliphatic carbocycles. The molecule has 0 saturated carbocycles. The Kier molecular flexibility index (Phi) is 6.39. The van der Waals surface area contributed by atoms with E-state index in [0.29, 0.717) is 17.7 Å². The summed E-state index contributed by atoms with van der Waals surface area (Å²) in [6.45, 7) is 9.22. The van der Waals surface area contributed by atoms with Gasteiger partial charge in [0.15, 0.2) is 0 Å². The average molecular weight is 444 g/mol. The second kappa shape index (κ2) is 8.66. The third kappa shape index (κ3) is 4.45. The summed E-state index contributed by atoms with van der Waals surface area (Å²) in [4.78, 5) is 23.1. The normalized spacial score (nSPS) is 16.5. The lowest BCUT2D eigenvalue weighted by Crippen LogP contribution is -2.31. The lowest BCUT2D eigenvalue weighted by molar-refractivity contribution is 0.0987. The van der Waals surface area contributed by atoms with Gasteiger partial charge in [0.2, 0.25) is 11.6 Å². The second-order valence-electron chi connectivity index (χ2n) is 7.65. The lowest BCUT2D eigenvalue weighted by atomic mass is 9.91. The van der Waals surface area contributed by atoms with Crippen LogP contribution >= 0.6 is 23.2 Å². The minimum atomic E-state index is -0.396. The smallest absolute Gasteiger partial charge is 0.206 e. The highest BCUT2D eigenvalue weighted by Gasteiger charge is 2.29. The van der Waals surface area contributed by atoms with Crippen LogP contribution in [0.3, 0.4) is 0 Å². The maximum Gasteiger partial charge on any atom is 0.206 e. The minimum absolute atomic E-state index is 0.0320. The second-order valence-corrected chi connectivity index (χ2v) is 8.40. The summed E-state index contributed by atoms with van der Waals surface area (Å²) in [5.74, 6) is 0.147. The maximum absolute atomic E-state index is 11.5. The number of rotatable bonds is 2. The third-order valence-electron chi connectivity index (χ3n) is 4.77. The van der Waals surface area contributed by atoms with Crippen molar-refractivity contribution in [2.24, 2.45) is 0 Å². The molecule has 1 aliphatic heterocycles. The molecule has 0 bridgehead atoms. The molecule has 30 heavy (non-hydrogen) atoms. The Hall–Kier alpha value is -2.56. The van der Waals surface area contributed by atoms with E-state index in [9.17, 15) is 9.59 Å². The number of hydrogen-bond acceptors (Lipinski definition) is 4. The Bertz CT molecular complexity index is 1040. The number of carbonyl (C=O) groups is 2. The molecule has 2 aromatic rings. The van der Waals surface area contributed by atoms with Crippen molar-refractivity contribution in [1.29, 1.82) is 0 Å². The van der Waals surface area contributed by atoms with Gasteiger partial charge in [0.05, 0.1) is 12.1 Å². The van der Waals surface area contributed by atoms with Crippen LogP contribution in [0, 0.1) is 0 Å². The van der Waals surface area contributed by atoms with Crippen LogP contribution in [0.2, 0.25) is 0 Å². The Labute approximate surface area is 186 Å². The molecule has 1 heterocycles. The molecule has 0 spiro atoms. The van der Waals surface area contributed by atoms with Crippen LogP contribution in [-0.2, 0) is 0 Å². The molecule has 1 N–H and O–H groups in total. The largest absolute Gasteiger partial charge is 0.494 e. The molecule has 2 aromatic carbocycles. The van der Waals surface area contributed by atoms with E-state index in [1.54, 1.807) is 24.3 Å². The van der Waals surface area contributed by atoms with Crippen LogP contribution in [0.15, 0.2) is 58.6 Å². The molecule has 6 heteroatoms. The number of hydrogen-bond donors (Lipinski definition) is 1. The molecular weight excluding hydrogens is 421 g/mol. The van der Waals surface area contributed by atoms with Crippen molar-refractivity contribution in [3.8, 4) is 5.75 Å². The molecule has 4 rings (SSSR count). The van der Waals surface area contributed by atoms with Crippen molar-refractivity contribution in [3.63, 3.8) is 0 Å². The average Bonchev–Trinajstić information content (AvgIpc) is 2.71. The monoisotopic (exact) mass is 443 g/mol. The van der Waals surface area contributed by atoms with Crippen molar-refractivity contribution >= 4 is 46.0 Å². The number of ether oxygens (including phenoxy) is 1. The van der Waals surface area contributed by atoms with Gasteiger partial charge in [0.25, 0.3) is 0 Å². The molecule has 0 unspecified atom stereocenters. The van der Waals surface area contributed by atoms with E-state index in [1.165, 1.54) is 16.8 Å². The van der Waals surface area contributed by atoms with Gasteiger partial charge in [0, 0.05) is 22.4 Å². The highest BCUT2D eigenvalue weighted by molar-refractivity contribution is 6.59. The topological polar surface area (TPSA) is 55.4 Å². The molecular formula is C24H23Cl2NO3. The van der Waals surface area contributed by atoms with E-state index in [-0.39, 0.29) is 15.6 Å². The fourth-order valence-corrected chi connectivity index (χ4v) is 3.91. The summed E-state index contributed by atoms with van der Waals surface area (Å²) in [5, 5.41) is 3.11. The number of carbonyl (C=O) groups excluding carboxylic acids is 2. The van der Waals surface area contributed by atoms with Gasteiger partial charge in [-0.05, 0) is 51.5 Å². The molecule has 0 aromatic heterocycles. The first kappa shape index (κ1) is 22.1. The lowest BCUT2D eigenvalue weighted by Gasteiger charge is -2.31. The molecule has 0 radical (unpaired) electrons. The van der Waals surface area contributed by atoms with Gasteiger partial charge in [-0.3, -0.25) is 9.59 Å². The predicted molar refractivity (Wildman–Crippen MR) is 123 cm³/mol. The zero-order chi connectivity index (χ0) is 22.1. The molecule has 0 atom stereocenters. The van der Waals surface area contributed by atoms with E-state index in [2.05, 4.69) is 44.3 Å². The van der Waals surface area contributed by atoms with E-state index < -0.39 is 11.6 Å². The summed E-state index contributed by atoms with van der Waals surface area (Å²) in [6.07, 6.45) is 2.26. The van der Waals surface area contributed by atoms with Gasteiger partial charge in [-0.15, -0.1) is 0 Å². The number of Topliss-reactive ketones (excluding diaryl/α,β-unsaturated/α-hetero) is 2. The van der Waals surface area contributed by atoms with Crippen molar-refractivity contribution in [2.45, 2.75) is 33.2 Å². The van der Waals surface area contributed by atoms with Gasteiger partial charge in [-0.2, -0.15) is 0 Å².